The van der Waals surface area contributed by atoms with Gasteiger partial charge in [0, 0.05) is 24.5 Å². The van der Waals surface area contributed by atoms with Crippen LogP contribution in [0.15, 0.2) is 42.5 Å². The highest BCUT2D eigenvalue weighted by atomic mass is 16.5. The third-order valence-corrected chi connectivity index (χ3v) is 5.00. The summed E-state index contributed by atoms with van der Waals surface area (Å²) in [5, 5.41) is 13.5. The molecule has 2 N–H and O–H groups in total. The molecule has 0 saturated carbocycles. The van der Waals surface area contributed by atoms with Crippen molar-refractivity contribution in [2.24, 2.45) is 0 Å². The molecule has 1 aliphatic rings. The number of benzene rings is 2. The fraction of sp³-hybridized carbons (Fsp3) is 0.286. The maximum absolute atomic E-state index is 11.2. The number of aromatic nitrogens is 2. The van der Waals surface area contributed by atoms with Crippen LogP contribution in [0.1, 0.15) is 12.0 Å². The molecule has 1 unspecified atom stereocenters. The van der Waals surface area contributed by atoms with Gasteiger partial charge in [-0.15, -0.1) is 0 Å². The van der Waals surface area contributed by atoms with E-state index in [0.29, 0.717) is 30.5 Å². The minimum atomic E-state index is -0.887. The number of hydrogen-bond acceptors (Lipinski definition) is 5. The number of aryl methyl sites for hydroxylation is 1. The minimum absolute atomic E-state index is 0.0154. The smallest absolute Gasteiger partial charge is 0.407 e. The molecule has 2 heterocycles. The number of nitrogens with one attached hydrogen (secondary N) is 1. The number of carbonyl (C=O) groups is 1. The molecular formula is C21H22N4O3. The summed E-state index contributed by atoms with van der Waals surface area (Å²) in [7, 11) is 1.63. The number of fused-ring (bicyclic) bond motifs is 1. The molecule has 1 saturated heterocycles. The van der Waals surface area contributed by atoms with Crippen LogP contribution in [0.2, 0.25) is 0 Å². The highest BCUT2D eigenvalue weighted by molar-refractivity contribution is 5.91. The fourth-order valence-electron chi connectivity index (χ4n) is 3.55. The summed E-state index contributed by atoms with van der Waals surface area (Å²) in [5.74, 6) is 2.00. The van der Waals surface area contributed by atoms with Crippen LogP contribution in [0.3, 0.4) is 0 Å². The first-order valence-electron chi connectivity index (χ1n) is 9.21. The number of carboxylic acid groups (broad SMARTS) is 1. The first-order chi connectivity index (χ1) is 13.5. The molecule has 0 bridgehead atoms. The minimum Gasteiger partial charge on any atom is -0.496 e. The molecule has 7 nitrogen and oxygen atoms in total. The lowest BCUT2D eigenvalue weighted by atomic mass is 10.1. The molecule has 1 atom stereocenters. The largest absolute Gasteiger partial charge is 0.496 e. The van der Waals surface area contributed by atoms with E-state index in [2.05, 4.69) is 5.32 Å². The molecule has 1 amide bonds. The van der Waals surface area contributed by atoms with E-state index in [4.69, 9.17) is 14.7 Å². The van der Waals surface area contributed by atoms with Crippen LogP contribution in [0.25, 0.3) is 22.3 Å². The predicted molar refractivity (Wildman–Crippen MR) is 108 cm³/mol. The van der Waals surface area contributed by atoms with Crippen molar-refractivity contribution >= 4 is 22.8 Å². The maximum Gasteiger partial charge on any atom is 0.407 e. The first kappa shape index (κ1) is 18.0. The number of amides is 1. The van der Waals surface area contributed by atoms with E-state index < -0.39 is 6.09 Å². The Bertz CT molecular complexity index is 1040. The topological polar surface area (TPSA) is 87.6 Å². The quantitative estimate of drug-likeness (QED) is 0.718. The SMILES string of the molecule is COc1ccc(C)cc1-c1nc(NC2CCN(C(=O)O)C2)c2ccccc2n1. The molecule has 1 aromatic heterocycles. The van der Waals surface area contributed by atoms with Crippen molar-refractivity contribution in [1.82, 2.24) is 14.9 Å². The number of hydrogen-bond donors (Lipinski definition) is 2. The van der Waals surface area contributed by atoms with Gasteiger partial charge in [0.05, 0.1) is 18.2 Å². The molecule has 7 heteroatoms. The number of ether oxygens (including phenoxy) is 1. The second-order valence-electron chi connectivity index (χ2n) is 6.98. The standard InChI is InChI=1S/C21H22N4O3/c1-13-7-8-18(28-2)16(11-13)20-23-17-6-4-3-5-15(17)19(24-20)22-14-9-10-25(12-14)21(26)27/h3-8,11,14H,9-10,12H2,1-2H3,(H,26,27)(H,22,23,24). The summed E-state index contributed by atoms with van der Waals surface area (Å²) in [5.41, 5.74) is 2.75. The Hall–Kier alpha value is -3.35. The Balaban J connectivity index is 1.76. The van der Waals surface area contributed by atoms with Crippen LogP contribution in [0, 0.1) is 6.92 Å². The maximum atomic E-state index is 11.2. The van der Waals surface area contributed by atoms with Crippen molar-refractivity contribution < 1.29 is 14.6 Å². The Kier molecular flexibility index (Phi) is 4.73. The molecule has 0 spiro atoms. The highest BCUT2D eigenvalue weighted by Crippen LogP contribution is 2.32. The van der Waals surface area contributed by atoms with Gasteiger partial charge in [0.15, 0.2) is 5.82 Å². The number of para-hydroxylation sites is 1. The average molecular weight is 378 g/mol. The van der Waals surface area contributed by atoms with E-state index in [1.165, 1.54) is 4.90 Å². The van der Waals surface area contributed by atoms with Gasteiger partial charge in [-0.3, -0.25) is 0 Å². The summed E-state index contributed by atoms with van der Waals surface area (Å²) in [4.78, 5) is 22.2. The Labute approximate surface area is 163 Å². The summed E-state index contributed by atoms with van der Waals surface area (Å²) >= 11 is 0. The van der Waals surface area contributed by atoms with Crippen molar-refractivity contribution in [3.05, 3.63) is 48.0 Å². The van der Waals surface area contributed by atoms with Crippen molar-refractivity contribution in [3.8, 4) is 17.1 Å². The molecule has 28 heavy (non-hydrogen) atoms. The van der Waals surface area contributed by atoms with Gasteiger partial charge >= 0.3 is 6.09 Å². The Morgan fingerprint density at radius 2 is 2.07 bits per heavy atom. The first-order valence-corrected chi connectivity index (χ1v) is 9.21. The number of likely N-dealkylation sites (tertiary alicyclic amines) is 1. The van der Waals surface area contributed by atoms with E-state index in [-0.39, 0.29) is 6.04 Å². The van der Waals surface area contributed by atoms with Gasteiger partial charge in [-0.1, -0.05) is 23.8 Å². The lowest BCUT2D eigenvalue weighted by Crippen LogP contribution is -2.30. The summed E-state index contributed by atoms with van der Waals surface area (Å²) in [6.07, 6.45) is -0.143. The average Bonchev–Trinajstić information content (AvgIpc) is 3.17. The third kappa shape index (κ3) is 3.43. The molecule has 1 aliphatic heterocycles. The van der Waals surface area contributed by atoms with E-state index in [1.54, 1.807) is 7.11 Å². The van der Waals surface area contributed by atoms with Gasteiger partial charge in [-0.05, 0) is 37.6 Å². The third-order valence-electron chi connectivity index (χ3n) is 5.00. The highest BCUT2D eigenvalue weighted by Gasteiger charge is 2.26. The Morgan fingerprint density at radius 1 is 1.25 bits per heavy atom. The molecule has 4 rings (SSSR count). The Morgan fingerprint density at radius 3 is 2.82 bits per heavy atom. The van der Waals surface area contributed by atoms with Crippen molar-refractivity contribution in [1.29, 1.82) is 0 Å². The van der Waals surface area contributed by atoms with Crippen LogP contribution in [0.5, 0.6) is 5.75 Å². The lowest BCUT2D eigenvalue weighted by Gasteiger charge is -2.17. The molecule has 0 aliphatic carbocycles. The molecule has 0 radical (unpaired) electrons. The van der Waals surface area contributed by atoms with Crippen molar-refractivity contribution in [2.75, 3.05) is 25.5 Å². The monoisotopic (exact) mass is 378 g/mol. The summed E-state index contributed by atoms with van der Waals surface area (Å²) in [6.45, 7) is 2.98. The van der Waals surface area contributed by atoms with Gasteiger partial charge < -0.3 is 20.1 Å². The number of rotatable bonds is 4. The van der Waals surface area contributed by atoms with E-state index in [1.807, 2.05) is 49.4 Å². The normalized spacial score (nSPS) is 16.4. The molecule has 3 aromatic rings. The molecular weight excluding hydrogens is 356 g/mol. The zero-order valence-electron chi connectivity index (χ0n) is 15.8. The zero-order chi connectivity index (χ0) is 19.7. The summed E-state index contributed by atoms with van der Waals surface area (Å²) < 4.78 is 5.51. The van der Waals surface area contributed by atoms with E-state index >= 15 is 0 Å². The van der Waals surface area contributed by atoms with Gasteiger partial charge in [-0.2, -0.15) is 0 Å². The number of nitrogens with zero attached hydrogens (tertiary/aromatic N) is 3. The molecule has 144 valence electrons. The van der Waals surface area contributed by atoms with Crippen LogP contribution in [-0.2, 0) is 0 Å². The van der Waals surface area contributed by atoms with Crippen molar-refractivity contribution in [3.63, 3.8) is 0 Å². The second-order valence-corrected chi connectivity index (χ2v) is 6.98. The van der Waals surface area contributed by atoms with E-state index in [0.717, 1.165) is 28.5 Å². The zero-order valence-corrected chi connectivity index (χ0v) is 15.8. The van der Waals surface area contributed by atoms with Crippen LogP contribution in [-0.4, -0.2) is 52.3 Å². The number of methoxy groups -OCH3 is 1. The van der Waals surface area contributed by atoms with Gasteiger partial charge in [0.1, 0.15) is 11.6 Å². The fourth-order valence-corrected chi connectivity index (χ4v) is 3.55. The van der Waals surface area contributed by atoms with E-state index in [9.17, 15) is 9.90 Å². The molecule has 2 aromatic carbocycles. The number of anilines is 1. The lowest BCUT2D eigenvalue weighted by molar-refractivity contribution is 0.155. The molecule has 1 fully saturated rings. The summed E-state index contributed by atoms with van der Waals surface area (Å²) in [6, 6.07) is 13.7. The predicted octanol–water partition coefficient (Wildman–Crippen LogP) is 3.78. The van der Waals surface area contributed by atoms with Gasteiger partial charge in [0.25, 0.3) is 0 Å². The van der Waals surface area contributed by atoms with Gasteiger partial charge in [0.2, 0.25) is 0 Å². The second kappa shape index (κ2) is 7.34. The van der Waals surface area contributed by atoms with Crippen LogP contribution >= 0.6 is 0 Å². The van der Waals surface area contributed by atoms with Crippen LogP contribution in [0.4, 0.5) is 10.6 Å². The van der Waals surface area contributed by atoms with Gasteiger partial charge in [-0.25, -0.2) is 14.8 Å². The van der Waals surface area contributed by atoms with Crippen LogP contribution < -0.4 is 10.1 Å². The van der Waals surface area contributed by atoms with Crippen molar-refractivity contribution in [2.45, 2.75) is 19.4 Å².